The first-order valence-corrected chi connectivity index (χ1v) is 7.49. The molecule has 0 saturated carbocycles. The molecule has 108 valence electrons. The van der Waals surface area contributed by atoms with Gasteiger partial charge in [0.25, 0.3) is 0 Å². The molecule has 0 fully saturated rings. The molecule has 0 unspecified atom stereocenters. The van der Waals surface area contributed by atoms with E-state index in [9.17, 15) is 4.39 Å². The Morgan fingerprint density at radius 2 is 2.10 bits per heavy atom. The summed E-state index contributed by atoms with van der Waals surface area (Å²) < 4.78 is 15.9. The van der Waals surface area contributed by atoms with E-state index in [1.165, 1.54) is 17.7 Å². The van der Waals surface area contributed by atoms with Crippen LogP contribution in [0.15, 0.2) is 22.7 Å². The molecule has 3 nitrogen and oxygen atoms in total. The number of rotatable bonds is 5. The highest BCUT2D eigenvalue weighted by molar-refractivity contribution is 9.10. The number of aryl methyl sites for hydroxylation is 1. The third-order valence-electron chi connectivity index (χ3n) is 3.42. The Labute approximate surface area is 127 Å². The van der Waals surface area contributed by atoms with E-state index in [0.29, 0.717) is 6.54 Å². The third kappa shape index (κ3) is 3.27. The van der Waals surface area contributed by atoms with Crippen LogP contribution in [0.5, 0.6) is 0 Å². The van der Waals surface area contributed by atoms with Gasteiger partial charge in [-0.25, -0.2) is 4.39 Å². The van der Waals surface area contributed by atoms with Crippen molar-refractivity contribution in [1.82, 2.24) is 15.1 Å². The molecule has 0 amide bonds. The maximum absolute atomic E-state index is 13.1. The zero-order valence-corrected chi connectivity index (χ0v) is 13.6. The summed E-state index contributed by atoms with van der Waals surface area (Å²) in [6.07, 6.45) is 0. The van der Waals surface area contributed by atoms with Crippen molar-refractivity contribution in [3.63, 3.8) is 0 Å². The summed E-state index contributed by atoms with van der Waals surface area (Å²) in [5.41, 5.74) is 4.46. The fraction of sp³-hybridized carbons (Fsp3) is 0.400. The van der Waals surface area contributed by atoms with Gasteiger partial charge in [-0.3, -0.25) is 4.68 Å². The standard InChI is InChI=1S/C15H19BrFN3/c1-4-18-8-14-10(2)19-20(11(14)3)9-12-5-6-13(17)7-15(12)16/h5-7,18H,4,8-9H2,1-3H3. The van der Waals surface area contributed by atoms with Gasteiger partial charge in [-0.2, -0.15) is 5.10 Å². The van der Waals surface area contributed by atoms with Gasteiger partial charge in [0.1, 0.15) is 5.82 Å². The zero-order valence-electron chi connectivity index (χ0n) is 12.0. The van der Waals surface area contributed by atoms with Gasteiger partial charge in [0.05, 0.1) is 12.2 Å². The number of nitrogens with one attached hydrogen (secondary N) is 1. The van der Waals surface area contributed by atoms with Crippen LogP contribution in [0.3, 0.4) is 0 Å². The Morgan fingerprint density at radius 1 is 1.35 bits per heavy atom. The van der Waals surface area contributed by atoms with E-state index >= 15 is 0 Å². The minimum atomic E-state index is -0.234. The minimum Gasteiger partial charge on any atom is -0.313 e. The monoisotopic (exact) mass is 339 g/mol. The van der Waals surface area contributed by atoms with Crippen molar-refractivity contribution in [2.75, 3.05) is 6.54 Å². The molecule has 0 aliphatic heterocycles. The second kappa shape index (κ2) is 6.50. The van der Waals surface area contributed by atoms with Crippen molar-refractivity contribution in [3.8, 4) is 0 Å². The molecule has 1 N–H and O–H groups in total. The molecule has 1 aromatic heterocycles. The maximum Gasteiger partial charge on any atom is 0.124 e. The lowest BCUT2D eigenvalue weighted by Crippen LogP contribution is -2.13. The first-order valence-electron chi connectivity index (χ1n) is 6.70. The van der Waals surface area contributed by atoms with E-state index in [-0.39, 0.29) is 5.82 Å². The Hall–Kier alpha value is -1.20. The molecule has 0 aliphatic rings. The normalized spacial score (nSPS) is 11.1. The number of nitrogens with zero attached hydrogens (tertiary/aromatic N) is 2. The van der Waals surface area contributed by atoms with E-state index in [1.807, 2.05) is 11.6 Å². The number of halogens is 2. The van der Waals surface area contributed by atoms with Crippen LogP contribution in [0.25, 0.3) is 0 Å². The molecule has 1 heterocycles. The largest absolute Gasteiger partial charge is 0.313 e. The SMILES string of the molecule is CCNCc1c(C)nn(Cc2ccc(F)cc2Br)c1C. The number of aromatic nitrogens is 2. The van der Waals surface area contributed by atoms with Gasteiger partial charge in [0.15, 0.2) is 0 Å². The van der Waals surface area contributed by atoms with Crippen molar-refractivity contribution < 1.29 is 4.39 Å². The Bertz CT molecular complexity index is 607. The van der Waals surface area contributed by atoms with Gasteiger partial charge < -0.3 is 5.32 Å². The van der Waals surface area contributed by atoms with Gasteiger partial charge in [0, 0.05) is 22.3 Å². The summed E-state index contributed by atoms with van der Waals surface area (Å²) >= 11 is 3.40. The van der Waals surface area contributed by atoms with Crippen LogP contribution >= 0.6 is 15.9 Å². The van der Waals surface area contributed by atoms with Crippen LogP contribution in [-0.2, 0) is 13.1 Å². The summed E-state index contributed by atoms with van der Waals surface area (Å²) in [5, 5.41) is 7.91. The Kier molecular flexibility index (Phi) is 4.94. The first-order chi connectivity index (χ1) is 9.52. The molecule has 20 heavy (non-hydrogen) atoms. The van der Waals surface area contributed by atoms with E-state index in [1.54, 1.807) is 6.07 Å². The molecule has 0 saturated heterocycles. The van der Waals surface area contributed by atoms with E-state index < -0.39 is 0 Å². The molecule has 0 spiro atoms. The summed E-state index contributed by atoms with van der Waals surface area (Å²) in [6.45, 7) is 8.59. The van der Waals surface area contributed by atoms with E-state index in [2.05, 4.69) is 40.2 Å². The van der Waals surface area contributed by atoms with Crippen LogP contribution in [0.2, 0.25) is 0 Å². The number of hydrogen-bond acceptors (Lipinski definition) is 2. The van der Waals surface area contributed by atoms with Crippen LogP contribution in [0.1, 0.15) is 29.4 Å². The highest BCUT2D eigenvalue weighted by Crippen LogP contribution is 2.21. The van der Waals surface area contributed by atoms with Crippen molar-refractivity contribution in [3.05, 3.63) is 51.0 Å². The van der Waals surface area contributed by atoms with Crippen LogP contribution < -0.4 is 5.32 Å². The second-order valence-electron chi connectivity index (χ2n) is 4.82. The predicted molar refractivity (Wildman–Crippen MR) is 82.3 cm³/mol. The highest BCUT2D eigenvalue weighted by atomic mass is 79.9. The quantitative estimate of drug-likeness (QED) is 0.902. The lowest BCUT2D eigenvalue weighted by atomic mass is 10.2. The molecule has 2 rings (SSSR count). The maximum atomic E-state index is 13.1. The first kappa shape index (κ1) is 15.2. The molecule has 0 atom stereocenters. The fourth-order valence-electron chi connectivity index (χ4n) is 2.21. The van der Waals surface area contributed by atoms with E-state index in [4.69, 9.17) is 0 Å². The Morgan fingerprint density at radius 3 is 2.75 bits per heavy atom. The number of benzene rings is 1. The summed E-state index contributed by atoms with van der Waals surface area (Å²) in [7, 11) is 0. The smallest absolute Gasteiger partial charge is 0.124 e. The molecule has 2 aromatic rings. The fourth-order valence-corrected chi connectivity index (χ4v) is 2.68. The van der Waals surface area contributed by atoms with Crippen molar-refractivity contribution in [2.24, 2.45) is 0 Å². The molecule has 1 aromatic carbocycles. The predicted octanol–water partition coefficient (Wildman–Crippen LogP) is 3.56. The molecule has 0 radical (unpaired) electrons. The molecule has 0 bridgehead atoms. The average Bonchev–Trinajstić information content (AvgIpc) is 2.66. The molecule has 5 heteroatoms. The lowest BCUT2D eigenvalue weighted by molar-refractivity contribution is 0.620. The molecular formula is C15H19BrFN3. The van der Waals surface area contributed by atoms with Crippen LogP contribution in [0, 0.1) is 19.7 Å². The topological polar surface area (TPSA) is 29.9 Å². The second-order valence-corrected chi connectivity index (χ2v) is 5.68. The van der Waals surface area contributed by atoms with E-state index in [0.717, 1.165) is 34.5 Å². The van der Waals surface area contributed by atoms with Gasteiger partial charge >= 0.3 is 0 Å². The van der Waals surface area contributed by atoms with Crippen molar-refractivity contribution >= 4 is 15.9 Å². The molecular weight excluding hydrogens is 321 g/mol. The summed E-state index contributed by atoms with van der Waals surface area (Å²) in [6, 6.07) is 4.76. The number of hydrogen-bond donors (Lipinski definition) is 1. The lowest BCUT2D eigenvalue weighted by Gasteiger charge is -2.08. The van der Waals surface area contributed by atoms with Crippen molar-refractivity contribution in [2.45, 2.75) is 33.9 Å². The minimum absolute atomic E-state index is 0.234. The van der Waals surface area contributed by atoms with Crippen LogP contribution in [0.4, 0.5) is 4.39 Å². The average molecular weight is 340 g/mol. The van der Waals surface area contributed by atoms with Gasteiger partial charge in [-0.15, -0.1) is 0 Å². The van der Waals surface area contributed by atoms with Gasteiger partial charge in [0.2, 0.25) is 0 Å². The third-order valence-corrected chi connectivity index (χ3v) is 4.16. The Balaban J connectivity index is 2.25. The zero-order chi connectivity index (χ0) is 14.7. The summed E-state index contributed by atoms with van der Waals surface area (Å²) in [4.78, 5) is 0. The molecule has 0 aliphatic carbocycles. The van der Waals surface area contributed by atoms with Gasteiger partial charge in [-0.05, 0) is 38.1 Å². The highest BCUT2D eigenvalue weighted by Gasteiger charge is 2.12. The van der Waals surface area contributed by atoms with Crippen LogP contribution in [-0.4, -0.2) is 16.3 Å². The summed E-state index contributed by atoms with van der Waals surface area (Å²) in [5.74, 6) is -0.234. The van der Waals surface area contributed by atoms with Crippen molar-refractivity contribution in [1.29, 1.82) is 0 Å². The van der Waals surface area contributed by atoms with Gasteiger partial charge in [-0.1, -0.05) is 28.9 Å².